The zero-order chi connectivity index (χ0) is 14.0. The Morgan fingerprint density at radius 1 is 1.53 bits per heavy atom. The molecule has 0 bridgehead atoms. The second kappa shape index (κ2) is 5.13. The minimum absolute atomic E-state index is 0.111. The van der Waals surface area contributed by atoms with Crippen molar-refractivity contribution in [2.45, 2.75) is 27.2 Å². The van der Waals surface area contributed by atoms with Crippen LogP contribution in [0.25, 0.3) is 5.82 Å². The van der Waals surface area contributed by atoms with Gasteiger partial charge in [0, 0.05) is 12.5 Å². The van der Waals surface area contributed by atoms with E-state index in [1.165, 1.54) is 0 Å². The Kier molecular flexibility index (Phi) is 3.55. The van der Waals surface area contributed by atoms with E-state index in [4.69, 9.17) is 15.0 Å². The average Bonchev–Trinajstić information content (AvgIpc) is 2.93. The third-order valence-electron chi connectivity index (χ3n) is 2.61. The molecule has 0 amide bonds. The van der Waals surface area contributed by atoms with E-state index < -0.39 is 5.97 Å². The highest BCUT2D eigenvalue weighted by molar-refractivity contribution is 5.92. The first kappa shape index (κ1) is 13.1. The fraction of sp³-hybridized carbons (Fsp3) is 0.417. The Labute approximate surface area is 110 Å². The molecule has 0 spiro atoms. The van der Waals surface area contributed by atoms with Crippen LogP contribution in [0.4, 0.5) is 5.82 Å². The highest BCUT2D eigenvalue weighted by Crippen LogP contribution is 2.21. The Balaban J connectivity index is 2.51. The monoisotopic (exact) mass is 264 g/mol. The first-order valence-electron chi connectivity index (χ1n) is 6.06. The van der Waals surface area contributed by atoms with E-state index in [2.05, 4.69) is 10.1 Å². The van der Waals surface area contributed by atoms with Crippen molar-refractivity contribution in [3.63, 3.8) is 0 Å². The number of carbonyl (C=O) groups is 1. The van der Waals surface area contributed by atoms with Gasteiger partial charge in [-0.25, -0.2) is 9.78 Å². The zero-order valence-electron chi connectivity index (χ0n) is 11.1. The van der Waals surface area contributed by atoms with Crippen molar-refractivity contribution in [2.75, 3.05) is 12.3 Å². The van der Waals surface area contributed by atoms with Crippen molar-refractivity contribution in [2.24, 2.45) is 0 Å². The molecule has 0 aliphatic carbocycles. The molecule has 2 heterocycles. The number of nitrogen functional groups attached to an aromatic ring is 1. The molecule has 0 aliphatic heterocycles. The Morgan fingerprint density at radius 2 is 2.26 bits per heavy atom. The molecule has 2 rings (SSSR count). The second-order valence-corrected chi connectivity index (χ2v) is 3.97. The fourth-order valence-corrected chi connectivity index (χ4v) is 1.78. The molecule has 0 fully saturated rings. The number of rotatable bonds is 4. The van der Waals surface area contributed by atoms with E-state index in [1.54, 1.807) is 24.5 Å². The smallest absolute Gasteiger partial charge is 0.360 e. The Morgan fingerprint density at radius 3 is 2.79 bits per heavy atom. The van der Waals surface area contributed by atoms with Crippen molar-refractivity contribution >= 4 is 11.8 Å². The lowest BCUT2D eigenvalue weighted by Gasteiger charge is -2.03. The molecule has 0 unspecified atom stereocenters. The van der Waals surface area contributed by atoms with Gasteiger partial charge in [0.25, 0.3) is 0 Å². The molecular formula is C12H16N4O3. The van der Waals surface area contributed by atoms with Crippen LogP contribution in [-0.4, -0.2) is 27.3 Å². The predicted molar refractivity (Wildman–Crippen MR) is 68.1 cm³/mol. The van der Waals surface area contributed by atoms with Gasteiger partial charge in [0.05, 0.1) is 6.61 Å². The number of anilines is 1. The number of ether oxygens (including phenoxy) is 1. The summed E-state index contributed by atoms with van der Waals surface area (Å²) >= 11 is 0. The van der Waals surface area contributed by atoms with Crippen LogP contribution in [0.15, 0.2) is 10.6 Å². The number of carbonyl (C=O) groups excluding carboxylic acids is 1. The molecule has 0 radical (unpaired) electrons. The van der Waals surface area contributed by atoms with Crippen LogP contribution in [-0.2, 0) is 11.2 Å². The van der Waals surface area contributed by atoms with E-state index >= 15 is 0 Å². The summed E-state index contributed by atoms with van der Waals surface area (Å²) < 4.78 is 11.5. The molecule has 19 heavy (non-hydrogen) atoms. The van der Waals surface area contributed by atoms with Crippen LogP contribution < -0.4 is 5.73 Å². The lowest BCUT2D eigenvalue weighted by Crippen LogP contribution is -2.09. The van der Waals surface area contributed by atoms with Crippen molar-refractivity contribution in [3.8, 4) is 5.82 Å². The van der Waals surface area contributed by atoms with Gasteiger partial charge in [0.2, 0.25) is 0 Å². The molecular weight excluding hydrogens is 248 g/mol. The van der Waals surface area contributed by atoms with Gasteiger partial charge in [-0.05, 0) is 13.8 Å². The number of hydrogen-bond donors (Lipinski definition) is 1. The molecule has 2 aromatic heterocycles. The van der Waals surface area contributed by atoms with E-state index in [0.29, 0.717) is 23.8 Å². The number of aromatic nitrogens is 3. The first-order chi connectivity index (χ1) is 9.08. The van der Waals surface area contributed by atoms with Gasteiger partial charge in [-0.3, -0.25) is 4.57 Å². The van der Waals surface area contributed by atoms with Gasteiger partial charge in [-0.1, -0.05) is 12.1 Å². The molecule has 2 aromatic rings. The number of nitrogens with two attached hydrogens (primary N) is 1. The van der Waals surface area contributed by atoms with Crippen molar-refractivity contribution in [1.29, 1.82) is 0 Å². The van der Waals surface area contributed by atoms with E-state index in [0.717, 1.165) is 0 Å². The third kappa shape index (κ3) is 2.31. The summed E-state index contributed by atoms with van der Waals surface area (Å²) in [6.45, 7) is 5.70. The van der Waals surface area contributed by atoms with Gasteiger partial charge in [0.15, 0.2) is 11.5 Å². The Hall–Kier alpha value is -2.31. The topological polar surface area (TPSA) is 96.2 Å². The minimum Gasteiger partial charge on any atom is -0.461 e. The lowest BCUT2D eigenvalue weighted by atomic mass is 10.4. The number of nitrogens with zero attached hydrogens (tertiary/aromatic N) is 3. The molecule has 0 atom stereocenters. The largest absolute Gasteiger partial charge is 0.461 e. The van der Waals surface area contributed by atoms with Crippen LogP contribution in [0.3, 0.4) is 0 Å². The summed E-state index contributed by atoms with van der Waals surface area (Å²) in [5.41, 5.74) is 6.08. The number of imidazole rings is 1. The van der Waals surface area contributed by atoms with Gasteiger partial charge >= 0.3 is 5.97 Å². The highest BCUT2D eigenvalue weighted by atomic mass is 16.5. The molecule has 7 nitrogen and oxygen atoms in total. The van der Waals surface area contributed by atoms with Crippen molar-refractivity contribution in [1.82, 2.24) is 14.7 Å². The number of esters is 1. The number of hydrogen-bond acceptors (Lipinski definition) is 6. The summed E-state index contributed by atoms with van der Waals surface area (Å²) in [6.07, 6.45) is 0.607. The Bertz CT molecular complexity index is 600. The van der Waals surface area contributed by atoms with Crippen molar-refractivity contribution in [3.05, 3.63) is 23.3 Å². The zero-order valence-corrected chi connectivity index (χ0v) is 11.1. The maximum atomic E-state index is 11.8. The molecule has 0 saturated carbocycles. The van der Waals surface area contributed by atoms with Crippen LogP contribution in [0, 0.1) is 6.92 Å². The average molecular weight is 264 g/mol. The maximum absolute atomic E-state index is 11.8. The van der Waals surface area contributed by atoms with Crippen molar-refractivity contribution < 1.29 is 14.1 Å². The summed E-state index contributed by atoms with van der Waals surface area (Å²) in [5, 5.41) is 3.89. The molecule has 102 valence electrons. The standard InChI is InChI=1S/C12H16N4O3/c1-4-8-14-10(12(17)18-5-2)11(13)16(8)9-6-7(3)19-15-9/h6H,4-5,13H2,1-3H3. The predicted octanol–water partition coefficient (Wildman–Crippen LogP) is 1.49. The maximum Gasteiger partial charge on any atom is 0.360 e. The quantitative estimate of drug-likeness (QED) is 0.840. The van der Waals surface area contributed by atoms with E-state index in [9.17, 15) is 4.79 Å². The lowest BCUT2D eigenvalue weighted by molar-refractivity contribution is 0.0521. The molecule has 0 aliphatic rings. The van der Waals surface area contributed by atoms with Crippen LogP contribution in [0.1, 0.15) is 35.9 Å². The third-order valence-corrected chi connectivity index (χ3v) is 2.61. The van der Waals surface area contributed by atoms with Gasteiger partial charge in [-0.2, -0.15) is 0 Å². The van der Waals surface area contributed by atoms with E-state index in [1.807, 2.05) is 6.92 Å². The highest BCUT2D eigenvalue weighted by Gasteiger charge is 2.23. The summed E-state index contributed by atoms with van der Waals surface area (Å²) in [7, 11) is 0. The van der Waals surface area contributed by atoms with Crippen LogP contribution in [0.2, 0.25) is 0 Å². The molecule has 7 heteroatoms. The summed E-state index contributed by atoms with van der Waals surface area (Å²) in [4.78, 5) is 16.0. The fourth-order valence-electron chi connectivity index (χ4n) is 1.78. The molecule has 0 aromatic carbocycles. The van der Waals surface area contributed by atoms with Crippen LogP contribution >= 0.6 is 0 Å². The second-order valence-electron chi connectivity index (χ2n) is 3.97. The molecule has 0 saturated heterocycles. The summed E-state index contributed by atoms with van der Waals surface area (Å²) in [5.74, 6) is 1.48. The normalized spacial score (nSPS) is 10.7. The molecule has 2 N–H and O–H groups in total. The van der Waals surface area contributed by atoms with Gasteiger partial charge in [0.1, 0.15) is 17.4 Å². The van der Waals surface area contributed by atoms with Gasteiger partial charge < -0.3 is 15.0 Å². The van der Waals surface area contributed by atoms with E-state index in [-0.39, 0.29) is 18.1 Å². The summed E-state index contributed by atoms with van der Waals surface area (Å²) in [6, 6.07) is 1.73. The van der Waals surface area contributed by atoms with Crippen LogP contribution in [0.5, 0.6) is 0 Å². The minimum atomic E-state index is -0.534. The number of aryl methyl sites for hydroxylation is 2. The van der Waals surface area contributed by atoms with Gasteiger partial charge in [-0.15, -0.1) is 0 Å². The first-order valence-corrected chi connectivity index (χ1v) is 6.06. The SMILES string of the molecule is CCOC(=O)c1nc(CC)n(-c2cc(C)on2)c1N.